The number of hydroxylamine groups is 1. The molecule has 0 aliphatic heterocycles. The maximum atomic E-state index is 13.8. The molecular formula is C88H114F3N9O12S. The number of aliphatic hydroxyl groups excluding tert-OH is 1. The average Bonchev–Trinajstić information content (AvgIpc) is 1.63. The number of nitrogens with two attached hydrogens (primary N) is 2. The number of nitriles is 2. The van der Waals surface area contributed by atoms with E-state index in [9.17, 15) is 26.4 Å². The third-order valence-corrected chi connectivity index (χ3v) is 24.2. The first-order valence-corrected chi connectivity index (χ1v) is 43.6. The molecule has 610 valence electrons. The molecule has 0 unspecified atom stereocenters. The van der Waals surface area contributed by atoms with E-state index in [0.717, 1.165) is 121 Å². The number of amides is 1. The van der Waals surface area contributed by atoms with Crippen molar-refractivity contribution in [2.24, 2.45) is 29.6 Å². The summed E-state index contributed by atoms with van der Waals surface area (Å²) in [5.74, 6) is 8.20. The quantitative estimate of drug-likeness (QED) is 0.0305. The number of aromatic nitrogens is 3. The lowest BCUT2D eigenvalue weighted by molar-refractivity contribution is -0.126. The number of fused-ring (bicyclic) bond motifs is 3. The monoisotopic (exact) mass is 1580 g/mol. The third kappa shape index (κ3) is 24.9. The lowest BCUT2D eigenvalue weighted by atomic mass is 9.90. The fourth-order valence-corrected chi connectivity index (χ4v) is 16.7. The highest BCUT2D eigenvalue weighted by molar-refractivity contribution is 7.92. The average molecular weight is 1580 g/mol. The van der Waals surface area contributed by atoms with Crippen LogP contribution in [0.1, 0.15) is 300 Å². The Hall–Kier alpha value is -8.78. The van der Waals surface area contributed by atoms with E-state index in [4.69, 9.17) is 64.8 Å². The van der Waals surface area contributed by atoms with Crippen molar-refractivity contribution < 1.29 is 69.2 Å². The minimum absolute atomic E-state index is 0.0664. The van der Waals surface area contributed by atoms with Gasteiger partial charge in [-0.15, -0.1) is 0 Å². The minimum atomic E-state index is -3.39. The Labute approximate surface area is 662 Å². The number of carbonyl (C=O) groups is 1. The van der Waals surface area contributed by atoms with Gasteiger partial charge in [-0.3, -0.25) is 14.7 Å². The first kappa shape index (κ1) is 83.6. The van der Waals surface area contributed by atoms with E-state index in [0.29, 0.717) is 100 Å². The van der Waals surface area contributed by atoms with Gasteiger partial charge in [-0.1, -0.05) is 112 Å². The standard InChI is InChI=1S/C18H24N2O4S.C17H20FNO.2C17H22N2O2.C10H7F2N.C7H14O.C2H5NO2/c1-25(21,22)20-18-15-9-14(13-7-8-13)16(10-17(15)24-19-18)23-11-12-5-3-2-4-6-12;18-16-9-17(20-11-12-4-2-1-3-5-12)15(13-6-7-13)8-14(16)10-19;2*18-17-14-8-13(12-6-7-12)15(9-16(14)21-19-17)20-10-11-4-2-1-3-5-11;11-9-4-10(12)8(6-1-2-6)3-7(9)5-13;8-6-7-4-2-1-3-5-7;1-2(4)3-5/h9-10,12-13H,2-8,11H2,1H3,(H,19,20);8-9,12-13H,1-7,11H2;2*8-9,11-12H,1-7,10H2,(H2,18,19);3-4,6H,1-2H2;7-8H,1-6H2;5H,1H3,(H,3,4). The molecule has 21 nitrogen and oxygen atoms in total. The van der Waals surface area contributed by atoms with Crippen LogP contribution in [0.3, 0.4) is 0 Å². The number of ether oxygens (including phenoxy) is 4. The molecule has 8 N–H and O–H groups in total. The summed E-state index contributed by atoms with van der Waals surface area (Å²) in [6.07, 6.45) is 45.2. The smallest absolute Gasteiger partial charge is 0.240 e. The number of rotatable bonds is 20. The predicted molar refractivity (Wildman–Crippen MR) is 429 cm³/mol. The molecule has 25 heteroatoms. The van der Waals surface area contributed by atoms with Crippen molar-refractivity contribution in [2.45, 2.75) is 261 Å². The predicted octanol–water partition coefficient (Wildman–Crippen LogP) is 20.8. The number of nitrogens with one attached hydrogen (secondary N) is 2. The van der Waals surface area contributed by atoms with Gasteiger partial charge in [0.1, 0.15) is 52.6 Å². The van der Waals surface area contributed by atoms with Crippen molar-refractivity contribution >= 4 is 66.3 Å². The summed E-state index contributed by atoms with van der Waals surface area (Å²) >= 11 is 0. The van der Waals surface area contributed by atoms with Crippen LogP contribution in [0.15, 0.2) is 74.2 Å². The van der Waals surface area contributed by atoms with Crippen LogP contribution in [0.4, 0.5) is 30.6 Å². The first-order valence-electron chi connectivity index (χ1n) is 41.8. The molecule has 5 aromatic carbocycles. The van der Waals surface area contributed by atoms with Crippen LogP contribution in [-0.2, 0) is 14.8 Å². The topological polar surface area (TPSA) is 330 Å². The Balaban J connectivity index is 0.000000127. The molecule has 10 aliphatic carbocycles. The molecule has 0 radical (unpaired) electrons. The largest absolute Gasteiger partial charge is 0.493 e. The number of benzene rings is 5. The highest BCUT2D eigenvalue weighted by Gasteiger charge is 2.34. The lowest BCUT2D eigenvalue weighted by Crippen LogP contribution is -2.16. The van der Waals surface area contributed by atoms with Gasteiger partial charge in [-0.25, -0.2) is 27.1 Å². The van der Waals surface area contributed by atoms with Gasteiger partial charge in [0, 0.05) is 43.9 Å². The summed E-state index contributed by atoms with van der Waals surface area (Å²) in [4.78, 5) is 9.45. The summed E-state index contributed by atoms with van der Waals surface area (Å²) in [5, 5.41) is 47.8. The Bertz CT molecular complexity index is 4530. The molecule has 10 saturated carbocycles. The highest BCUT2D eigenvalue weighted by atomic mass is 32.2. The van der Waals surface area contributed by atoms with Gasteiger partial charge in [0.2, 0.25) is 15.9 Å². The van der Waals surface area contributed by atoms with Gasteiger partial charge in [0.05, 0.1) is 60.0 Å². The third-order valence-electron chi connectivity index (χ3n) is 23.6. The molecule has 1 amide bonds. The molecule has 0 saturated heterocycles. The second kappa shape index (κ2) is 40.5. The van der Waals surface area contributed by atoms with Crippen LogP contribution in [0.5, 0.6) is 23.0 Å². The van der Waals surface area contributed by atoms with E-state index in [1.807, 2.05) is 30.3 Å². The second-order valence-electron chi connectivity index (χ2n) is 33.1. The molecule has 113 heavy (non-hydrogen) atoms. The summed E-state index contributed by atoms with van der Waals surface area (Å²) in [6, 6.07) is 20.9. The fourth-order valence-electron chi connectivity index (χ4n) is 16.2. The van der Waals surface area contributed by atoms with Crippen LogP contribution in [0, 0.1) is 69.7 Å². The van der Waals surface area contributed by atoms with Crippen molar-refractivity contribution in [3.63, 3.8) is 0 Å². The molecule has 0 spiro atoms. The van der Waals surface area contributed by atoms with E-state index in [2.05, 4.69) is 32.3 Å². The molecule has 8 aromatic rings. The lowest BCUT2D eigenvalue weighted by Gasteiger charge is -2.22. The molecule has 3 heterocycles. The van der Waals surface area contributed by atoms with E-state index >= 15 is 0 Å². The number of nitrogens with zero attached hydrogens (tertiary/aromatic N) is 5. The van der Waals surface area contributed by atoms with Crippen molar-refractivity contribution in [1.82, 2.24) is 21.0 Å². The van der Waals surface area contributed by atoms with Crippen LogP contribution in [0.25, 0.3) is 32.9 Å². The molecule has 3 aromatic heterocycles. The minimum Gasteiger partial charge on any atom is -0.493 e. The zero-order valence-corrected chi connectivity index (χ0v) is 66.6. The van der Waals surface area contributed by atoms with Crippen molar-refractivity contribution in [2.75, 3.05) is 55.5 Å². The normalized spacial score (nSPS) is 18.9. The van der Waals surface area contributed by atoms with Gasteiger partial charge < -0.3 is 49.1 Å². The van der Waals surface area contributed by atoms with Crippen molar-refractivity contribution in [3.8, 4) is 35.1 Å². The Kier molecular flexibility index (Phi) is 30.0. The van der Waals surface area contributed by atoms with Crippen LogP contribution in [-0.4, -0.2) is 79.4 Å². The van der Waals surface area contributed by atoms with Crippen LogP contribution in [0.2, 0.25) is 0 Å². The SMILES string of the molecule is CC(=O)NO.CS(=O)(=O)Nc1noc2cc(OCC3CCCCC3)c(C3CC3)cc12.N#Cc1cc(C2CC2)c(F)cc1F.N#Cc1cc(C2CC2)c(OCC2CCCCC2)cc1F.Nc1noc2cc(OCC3CCCCC3)c(C3CC3)cc12.Nc1noc2cc(OCC3CCCCC3)c(C3CC3)cc12.OCC1CCCCC1. The van der Waals surface area contributed by atoms with Crippen LogP contribution >= 0.6 is 0 Å². The van der Waals surface area contributed by atoms with Gasteiger partial charge in [-0.2, -0.15) is 10.5 Å². The fraction of sp³-hybridized carbons (Fsp3) is 0.591. The van der Waals surface area contributed by atoms with Gasteiger partial charge >= 0.3 is 0 Å². The summed E-state index contributed by atoms with van der Waals surface area (Å²) < 4.78 is 105. The van der Waals surface area contributed by atoms with Gasteiger partial charge in [0.25, 0.3) is 0 Å². The Morgan fingerprint density at radius 1 is 0.442 bits per heavy atom. The van der Waals surface area contributed by atoms with Crippen LogP contribution < -0.4 is 40.6 Å². The van der Waals surface area contributed by atoms with E-state index in [-0.39, 0.29) is 22.9 Å². The van der Waals surface area contributed by atoms with E-state index in [1.54, 1.807) is 12.1 Å². The molecule has 10 aliphatic rings. The number of halogens is 3. The van der Waals surface area contributed by atoms with Crippen molar-refractivity contribution in [3.05, 3.63) is 117 Å². The Morgan fingerprint density at radius 2 is 0.735 bits per heavy atom. The molecule has 10 fully saturated rings. The number of hydrogen-bond acceptors (Lipinski definition) is 19. The number of sulfonamides is 1. The highest BCUT2D eigenvalue weighted by Crippen LogP contribution is 2.51. The number of anilines is 3. The van der Waals surface area contributed by atoms with Crippen molar-refractivity contribution in [1.29, 1.82) is 10.5 Å². The first-order chi connectivity index (χ1) is 54.8. The zero-order valence-electron chi connectivity index (χ0n) is 65.7. The van der Waals surface area contributed by atoms with Gasteiger partial charge in [0.15, 0.2) is 34.2 Å². The number of hydrogen-bond donors (Lipinski definition) is 6. The number of aliphatic hydroxyl groups is 1. The van der Waals surface area contributed by atoms with E-state index in [1.165, 1.54) is 222 Å². The molecule has 0 atom stereocenters. The second-order valence-corrected chi connectivity index (χ2v) is 34.9. The Morgan fingerprint density at radius 3 is 1.05 bits per heavy atom. The summed E-state index contributed by atoms with van der Waals surface area (Å²) in [6.45, 7) is 4.72. The maximum absolute atomic E-state index is 13.8. The number of nitrogen functional groups attached to an aromatic ring is 2. The maximum Gasteiger partial charge on any atom is 0.240 e. The molecule has 0 bridgehead atoms. The zero-order chi connectivity index (χ0) is 79.4. The number of carbonyl (C=O) groups excluding carboxylic acids is 1. The van der Waals surface area contributed by atoms with E-state index < -0.39 is 33.4 Å². The van der Waals surface area contributed by atoms with Gasteiger partial charge in [-0.05, 0) is 246 Å². The molecule has 18 rings (SSSR count). The molecular weight excluding hydrogens is 1460 g/mol. The summed E-state index contributed by atoms with van der Waals surface area (Å²) in [7, 11) is -3.39. The summed E-state index contributed by atoms with van der Waals surface area (Å²) in [5.41, 5.74) is 20.4.